The second-order valence-corrected chi connectivity index (χ2v) is 15.2. The van der Waals surface area contributed by atoms with E-state index in [1.165, 1.54) is 47.9 Å². The Bertz CT molecular complexity index is 1420. The molecule has 4 aliphatic carbocycles. The average molecular weight is 597 g/mol. The molecular weight excluding hydrogens is 552 g/mol. The summed E-state index contributed by atoms with van der Waals surface area (Å²) in [5, 5.41) is 1.55. The number of piperazine rings is 1. The molecule has 43 heavy (non-hydrogen) atoms. The predicted molar refractivity (Wildman–Crippen MR) is 172 cm³/mol. The molecule has 3 aromatic rings. The lowest BCUT2D eigenvalue weighted by Gasteiger charge is -2.58. The Hall–Kier alpha value is -2.61. The van der Waals surface area contributed by atoms with Gasteiger partial charge in [-0.1, -0.05) is 18.2 Å². The Balaban J connectivity index is 0.976. The highest BCUT2D eigenvalue weighted by Gasteiger charge is 2.50. The summed E-state index contributed by atoms with van der Waals surface area (Å²) in [6.07, 6.45) is 10.2. The first-order valence-electron chi connectivity index (χ1n) is 16.5. The van der Waals surface area contributed by atoms with Crippen molar-refractivity contribution in [2.75, 3.05) is 39.8 Å². The van der Waals surface area contributed by atoms with Crippen LogP contribution in [0.4, 0.5) is 0 Å². The summed E-state index contributed by atoms with van der Waals surface area (Å²) < 4.78 is 5.37. The van der Waals surface area contributed by atoms with Gasteiger partial charge in [-0.3, -0.25) is 19.6 Å². The lowest BCUT2D eigenvalue weighted by Crippen LogP contribution is -2.61. The molecule has 4 bridgehead atoms. The Morgan fingerprint density at radius 1 is 0.884 bits per heavy atom. The van der Waals surface area contributed by atoms with E-state index in [2.05, 4.69) is 56.1 Å². The molecule has 2 saturated heterocycles. The molecule has 2 aliphatic heterocycles. The Labute approximate surface area is 260 Å². The second kappa shape index (κ2) is 11.7. The maximum absolute atomic E-state index is 14.3. The van der Waals surface area contributed by atoms with Gasteiger partial charge >= 0.3 is 0 Å². The van der Waals surface area contributed by atoms with Crippen LogP contribution < -0.4 is 4.74 Å². The molecular formula is C36H44N4O2S. The van der Waals surface area contributed by atoms with E-state index in [4.69, 9.17) is 4.74 Å². The number of benzene rings is 2. The van der Waals surface area contributed by atoms with Gasteiger partial charge in [-0.2, -0.15) is 0 Å². The summed E-state index contributed by atoms with van der Waals surface area (Å²) in [5.41, 5.74) is 2.28. The number of pyridine rings is 1. The number of nitrogens with zero attached hydrogens (tertiary/aromatic N) is 4. The number of ether oxygens (including phenoxy) is 1. The minimum atomic E-state index is -0.0876. The van der Waals surface area contributed by atoms with E-state index in [-0.39, 0.29) is 6.04 Å². The monoisotopic (exact) mass is 596 g/mol. The maximum Gasteiger partial charge on any atom is 0.240 e. The van der Waals surface area contributed by atoms with Crippen molar-refractivity contribution in [3.05, 3.63) is 66.4 Å². The first kappa shape index (κ1) is 27.9. The summed E-state index contributed by atoms with van der Waals surface area (Å²) in [7, 11) is 1.71. The van der Waals surface area contributed by atoms with Crippen LogP contribution in [0.2, 0.25) is 0 Å². The number of methoxy groups -OCH3 is 1. The Morgan fingerprint density at radius 3 is 2.33 bits per heavy atom. The van der Waals surface area contributed by atoms with Crippen LogP contribution >= 0.6 is 11.8 Å². The standard InChI is InChI=1S/C36H44N4O2S/c1-42-29-6-8-30(9-7-29)43-31-21-34(40(23-31)22-26-10-11-37-33-5-3-2-4-32(26)33)36(41)39-14-12-38(13-15-39)35-27-17-24-16-25(19-27)20-28(35)18-24/h2-11,24-25,27-28,31,34-35H,12-23H2,1H3/t24?,25?,27?,28?,31-,34-,35?/m0/s1. The first-order chi connectivity index (χ1) is 21.1. The van der Waals surface area contributed by atoms with E-state index in [9.17, 15) is 4.79 Å². The van der Waals surface area contributed by atoms with E-state index >= 15 is 0 Å². The van der Waals surface area contributed by atoms with Gasteiger partial charge < -0.3 is 9.64 Å². The molecule has 0 unspecified atom stereocenters. The summed E-state index contributed by atoms with van der Waals surface area (Å²) in [4.78, 5) is 27.6. The smallest absolute Gasteiger partial charge is 0.240 e. The van der Waals surface area contributed by atoms with Gasteiger partial charge in [0.1, 0.15) is 5.75 Å². The predicted octanol–water partition coefficient (Wildman–Crippen LogP) is 5.95. The third kappa shape index (κ3) is 5.46. The van der Waals surface area contributed by atoms with Crippen molar-refractivity contribution in [3.8, 4) is 5.75 Å². The number of carbonyl (C=O) groups is 1. The van der Waals surface area contributed by atoms with Gasteiger partial charge in [0, 0.05) is 67.0 Å². The molecule has 226 valence electrons. The fraction of sp³-hybridized carbons (Fsp3) is 0.556. The number of rotatable bonds is 7. The SMILES string of the molecule is COc1ccc(S[C@H]2C[C@@H](C(=O)N3CCN(C4C5CC6CC(C5)CC4C6)CC3)N(Cc3ccnc4ccccc34)C2)cc1. The summed E-state index contributed by atoms with van der Waals surface area (Å²) in [5.74, 6) is 5.06. The summed E-state index contributed by atoms with van der Waals surface area (Å²) in [6, 6.07) is 19.6. The van der Waals surface area contributed by atoms with Crippen molar-refractivity contribution >= 4 is 28.6 Å². The van der Waals surface area contributed by atoms with Crippen LogP contribution in [0.15, 0.2) is 65.7 Å². The lowest BCUT2D eigenvalue weighted by molar-refractivity contribution is -0.140. The fourth-order valence-electron chi connectivity index (χ4n) is 9.68. The third-order valence-electron chi connectivity index (χ3n) is 11.3. The number of thioether (sulfide) groups is 1. The number of carbonyl (C=O) groups excluding carboxylic acids is 1. The number of para-hydroxylation sites is 1. The van der Waals surface area contributed by atoms with E-state index in [0.29, 0.717) is 11.2 Å². The average Bonchev–Trinajstić information content (AvgIpc) is 3.43. The lowest BCUT2D eigenvalue weighted by atomic mass is 9.54. The highest BCUT2D eigenvalue weighted by molar-refractivity contribution is 8.00. The molecule has 2 atom stereocenters. The molecule has 0 spiro atoms. The van der Waals surface area contributed by atoms with Crippen LogP contribution in [0, 0.1) is 23.7 Å². The molecule has 6 fully saturated rings. The highest BCUT2D eigenvalue weighted by atomic mass is 32.2. The summed E-state index contributed by atoms with van der Waals surface area (Å²) >= 11 is 1.90. The van der Waals surface area contributed by atoms with Crippen LogP contribution in [0.5, 0.6) is 5.75 Å². The number of hydrogen-bond donors (Lipinski definition) is 0. The first-order valence-corrected chi connectivity index (χ1v) is 17.4. The van der Waals surface area contributed by atoms with Gasteiger partial charge in [-0.05, 0) is 104 Å². The zero-order chi connectivity index (χ0) is 28.9. The Morgan fingerprint density at radius 2 is 1.60 bits per heavy atom. The quantitative estimate of drug-likeness (QED) is 0.336. The molecule has 0 radical (unpaired) electrons. The molecule has 6 nitrogen and oxygen atoms in total. The van der Waals surface area contributed by atoms with Crippen LogP contribution in [0.25, 0.3) is 10.9 Å². The van der Waals surface area contributed by atoms with Gasteiger partial charge in [-0.15, -0.1) is 11.8 Å². The molecule has 3 heterocycles. The van der Waals surface area contributed by atoms with E-state index in [0.717, 1.165) is 86.7 Å². The maximum atomic E-state index is 14.3. The summed E-state index contributed by atoms with van der Waals surface area (Å²) in [6.45, 7) is 5.51. The molecule has 1 aromatic heterocycles. The third-order valence-corrected chi connectivity index (χ3v) is 12.6. The zero-order valence-corrected chi connectivity index (χ0v) is 26.1. The number of aromatic nitrogens is 1. The van der Waals surface area contributed by atoms with Crippen LogP contribution in [-0.4, -0.2) is 82.8 Å². The van der Waals surface area contributed by atoms with Gasteiger partial charge in [-0.25, -0.2) is 0 Å². The minimum absolute atomic E-state index is 0.0876. The molecule has 6 aliphatic rings. The van der Waals surface area contributed by atoms with Gasteiger partial charge in [0.15, 0.2) is 0 Å². The molecule has 7 heteroatoms. The van der Waals surface area contributed by atoms with E-state index < -0.39 is 0 Å². The van der Waals surface area contributed by atoms with Crippen molar-refractivity contribution in [1.29, 1.82) is 0 Å². The van der Waals surface area contributed by atoms with Crippen molar-refractivity contribution in [3.63, 3.8) is 0 Å². The minimum Gasteiger partial charge on any atom is -0.497 e. The van der Waals surface area contributed by atoms with Gasteiger partial charge in [0.2, 0.25) is 5.91 Å². The fourth-order valence-corrected chi connectivity index (χ4v) is 10.9. The second-order valence-electron chi connectivity index (χ2n) is 13.9. The van der Waals surface area contributed by atoms with E-state index in [1.54, 1.807) is 7.11 Å². The van der Waals surface area contributed by atoms with Gasteiger partial charge in [0.25, 0.3) is 0 Å². The number of likely N-dealkylation sites (tertiary alicyclic amines) is 1. The normalized spacial score (nSPS) is 32.5. The Kier molecular flexibility index (Phi) is 7.60. The topological polar surface area (TPSA) is 48.9 Å². The molecule has 0 N–H and O–H groups in total. The van der Waals surface area contributed by atoms with Gasteiger partial charge in [0.05, 0.1) is 18.7 Å². The number of hydrogen-bond acceptors (Lipinski definition) is 6. The molecule has 9 rings (SSSR count). The molecule has 2 aromatic carbocycles. The van der Waals surface area contributed by atoms with Crippen molar-refractivity contribution in [2.24, 2.45) is 23.7 Å². The van der Waals surface area contributed by atoms with Crippen molar-refractivity contribution in [1.82, 2.24) is 19.7 Å². The molecule has 1 amide bonds. The molecule has 4 saturated carbocycles. The van der Waals surface area contributed by atoms with Crippen LogP contribution in [0.1, 0.15) is 44.1 Å². The van der Waals surface area contributed by atoms with Crippen LogP contribution in [-0.2, 0) is 11.3 Å². The van der Waals surface area contributed by atoms with Crippen molar-refractivity contribution in [2.45, 2.75) is 67.3 Å². The van der Waals surface area contributed by atoms with Crippen LogP contribution in [0.3, 0.4) is 0 Å². The highest BCUT2D eigenvalue weighted by Crippen LogP contribution is 2.55. The largest absolute Gasteiger partial charge is 0.497 e. The zero-order valence-electron chi connectivity index (χ0n) is 25.3. The van der Waals surface area contributed by atoms with E-state index in [1.807, 2.05) is 36.2 Å². The number of amides is 1. The number of fused-ring (bicyclic) bond motifs is 1. The van der Waals surface area contributed by atoms with Crippen molar-refractivity contribution < 1.29 is 9.53 Å².